The minimum Gasteiger partial charge on any atom is -0.343 e. The number of rotatable bonds is 19. The van der Waals surface area contributed by atoms with Crippen LogP contribution in [-0.4, -0.2) is 36.2 Å². The van der Waals surface area contributed by atoms with Crippen LogP contribution >= 0.6 is 0 Å². The van der Waals surface area contributed by atoms with Crippen molar-refractivity contribution in [2.45, 2.75) is 136 Å². The molecule has 0 spiro atoms. The highest BCUT2D eigenvalue weighted by Crippen LogP contribution is 2.15. The fraction of sp³-hybridized carbons (Fsp3) is 0.958. The standard InChI is InChI=1S/C24H50N4/c1-4-5-6-7-8-9-10-11-12-13-14-15-16-17-18-19-24-26-20-21-28(24)23(3)27-22(2)25/h22-23,27H,4-21,25H2,1-3H3. The van der Waals surface area contributed by atoms with Gasteiger partial charge in [0.05, 0.1) is 18.9 Å². The number of nitrogens with zero attached hydrogens (tertiary/aromatic N) is 2. The van der Waals surface area contributed by atoms with E-state index in [0.717, 1.165) is 19.5 Å². The lowest BCUT2D eigenvalue weighted by Gasteiger charge is -2.30. The van der Waals surface area contributed by atoms with E-state index < -0.39 is 0 Å². The SMILES string of the molecule is CCCCCCCCCCCCCCCCCC1=NCCN1C(C)NC(C)N. The summed E-state index contributed by atoms with van der Waals surface area (Å²) < 4.78 is 0. The van der Waals surface area contributed by atoms with E-state index >= 15 is 0 Å². The molecule has 0 saturated heterocycles. The molecule has 4 heteroatoms. The summed E-state index contributed by atoms with van der Waals surface area (Å²) in [5.74, 6) is 1.29. The highest BCUT2D eigenvalue weighted by atomic mass is 15.3. The quantitative estimate of drug-likeness (QED) is 0.202. The fourth-order valence-corrected chi connectivity index (χ4v) is 4.27. The van der Waals surface area contributed by atoms with E-state index in [1.807, 2.05) is 6.92 Å². The fourth-order valence-electron chi connectivity index (χ4n) is 4.27. The molecule has 0 aromatic heterocycles. The van der Waals surface area contributed by atoms with E-state index in [1.165, 1.54) is 102 Å². The summed E-state index contributed by atoms with van der Waals surface area (Å²) in [6, 6.07) is 0. The van der Waals surface area contributed by atoms with Crippen molar-refractivity contribution in [3.05, 3.63) is 0 Å². The second kappa shape index (κ2) is 17.3. The zero-order valence-electron chi connectivity index (χ0n) is 19.4. The summed E-state index contributed by atoms with van der Waals surface area (Å²) in [5, 5.41) is 3.39. The van der Waals surface area contributed by atoms with Crippen LogP contribution in [0.4, 0.5) is 0 Å². The average molecular weight is 395 g/mol. The first-order valence-corrected chi connectivity index (χ1v) is 12.5. The van der Waals surface area contributed by atoms with Gasteiger partial charge in [0, 0.05) is 13.0 Å². The van der Waals surface area contributed by atoms with E-state index in [2.05, 4.69) is 24.1 Å². The molecular formula is C24H50N4. The first kappa shape index (κ1) is 25.4. The molecule has 3 N–H and O–H groups in total. The lowest BCUT2D eigenvalue weighted by Crippen LogP contribution is -2.51. The lowest BCUT2D eigenvalue weighted by atomic mass is 10.0. The minimum atomic E-state index is 0.0302. The Kier molecular flexibility index (Phi) is 15.7. The first-order valence-electron chi connectivity index (χ1n) is 12.5. The third-order valence-electron chi connectivity index (χ3n) is 5.94. The Morgan fingerprint density at radius 3 is 1.75 bits per heavy atom. The van der Waals surface area contributed by atoms with Gasteiger partial charge in [0.25, 0.3) is 0 Å². The summed E-state index contributed by atoms with van der Waals surface area (Å²) in [6.45, 7) is 8.46. The molecule has 1 aliphatic heterocycles. The molecule has 0 aromatic carbocycles. The molecule has 2 unspecified atom stereocenters. The van der Waals surface area contributed by atoms with Gasteiger partial charge in [0.15, 0.2) is 0 Å². The molecule has 0 aromatic rings. The smallest absolute Gasteiger partial charge is 0.100 e. The van der Waals surface area contributed by atoms with Crippen LogP contribution in [0.25, 0.3) is 0 Å². The van der Waals surface area contributed by atoms with E-state index in [0.29, 0.717) is 0 Å². The maximum Gasteiger partial charge on any atom is 0.100 e. The van der Waals surface area contributed by atoms with E-state index in [9.17, 15) is 0 Å². The zero-order chi connectivity index (χ0) is 20.5. The number of amidine groups is 1. The first-order chi connectivity index (χ1) is 13.6. The number of hydrogen-bond acceptors (Lipinski definition) is 4. The van der Waals surface area contributed by atoms with Gasteiger partial charge in [-0.3, -0.25) is 10.3 Å². The van der Waals surface area contributed by atoms with Gasteiger partial charge in [-0.2, -0.15) is 0 Å². The van der Waals surface area contributed by atoms with Crippen molar-refractivity contribution in [2.75, 3.05) is 13.1 Å². The second-order valence-corrected chi connectivity index (χ2v) is 8.82. The topological polar surface area (TPSA) is 53.6 Å². The Bertz CT molecular complexity index is 381. The number of unbranched alkanes of at least 4 members (excludes halogenated alkanes) is 14. The van der Waals surface area contributed by atoms with E-state index in [1.54, 1.807) is 0 Å². The summed E-state index contributed by atoms with van der Waals surface area (Å²) in [6.07, 6.45) is 22.7. The van der Waals surface area contributed by atoms with Gasteiger partial charge in [0.1, 0.15) is 5.84 Å². The van der Waals surface area contributed by atoms with Crippen molar-refractivity contribution in [3.8, 4) is 0 Å². The summed E-state index contributed by atoms with van der Waals surface area (Å²) in [4.78, 5) is 7.11. The molecule has 166 valence electrons. The van der Waals surface area contributed by atoms with Crippen LogP contribution in [0.5, 0.6) is 0 Å². The number of nitrogens with one attached hydrogen (secondary N) is 1. The van der Waals surface area contributed by atoms with E-state index in [4.69, 9.17) is 10.7 Å². The third kappa shape index (κ3) is 12.8. The highest BCUT2D eigenvalue weighted by Gasteiger charge is 2.21. The molecule has 0 fully saturated rings. The van der Waals surface area contributed by atoms with Crippen LogP contribution < -0.4 is 11.1 Å². The van der Waals surface area contributed by atoms with Crippen LogP contribution in [0.2, 0.25) is 0 Å². The van der Waals surface area contributed by atoms with Gasteiger partial charge < -0.3 is 10.6 Å². The van der Waals surface area contributed by atoms with Gasteiger partial charge in [-0.1, -0.05) is 96.8 Å². The predicted molar refractivity (Wildman–Crippen MR) is 125 cm³/mol. The third-order valence-corrected chi connectivity index (χ3v) is 5.94. The Labute approximate surface area is 176 Å². The molecule has 4 nitrogen and oxygen atoms in total. The molecule has 1 rings (SSSR count). The Morgan fingerprint density at radius 1 is 0.821 bits per heavy atom. The second-order valence-electron chi connectivity index (χ2n) is 8.82. The van der Waals surface area contributed by atoms with Crippen LogP contribution in [0.15, 0.2) is 4.99 Å². The molecular weight excluding hydrogens is 344 g/mol. The largest absolute Gasteiger partial charge is 0.343 e. The summed E-state index contributed by atoms with van der Waals surface area (Å²) >= 11 is 0. The Hall–Kier alpha value is -0.610. The average Bonchev–Trinajstić information content (AvgIpc) is 3.13. The monoisotopic (exact) mass is 394 g/mol. The lowest BCUT2D eigenvalue weighted by molar-refractivity contribution is 0.277. The van der Waals surface area contributed by atoms with Crippen LogP contribution in [-0.2, 0) is 0 Å². The molecule has 0 amide bonds. The van der Waals surface area contributed by atoms with Crippen molar-refractivity contribution in [1.29, 1.82) is 0 Å². The van der Waals surface area contributed by atoms with Crippen LogP contribution in [0, 0.1) is 0 Å². The maximum absolute atomic E-state index is 5.86. The molecule has 0 aliphatic carbocycles. The Morgan fingerprint density at radius 2 is 1.29 bits per heavy atom. The molecule has 0 radical (unpaired) electrons. The van der Waals surface area contributed by atoms with Crippen LogP contribution in [0.3, 0.4) is 0 Å². The van der Waals surface area contributed by atoms with Gasteiger partial charge in [-0.15, -0.1) is 0 Å². The van der Waals surface area contributed by atoms with Gasteiger partial charge in [0.2, 0.25) is 0 Å². The maximum atomic E-state index is 5.86. The Balaban J connectivity index is 1.87. The summed E-state index contributed by atoms with van der Waals surface area (Å²) in [5.41, 5.74) is 5.86. The molecule has 2 atom stereocenters. The molecule has 1 aliphatic rings. The number of aliphatic imine (C=N–C) groups is 1. The van der Waals surface area contributed by atoms with Crippen molar-refractivity contribution in [2.24, 2.45) is 10.7 Å². The predicted octanol–water partition coefficient (Wildman–Crippen LogP) is 6.20. The molecule has 0 bridgehead atoms. The van der Waals surface area contributed by atoms with Crippen molar-refractivity contribution < 1.29 is 0 Å². The molecule has 1 heterocycles. The van der Waals surface area contributed by atoms with Gasteiger partial charge in [-0.25, -0.2) is 0 Å². The van der Waals surface area contributed by atoms with Gasteiger partial charge >= 0.3 is 0 Å². The molecule has 28 heavy (non-hydrogen) atoms. The van der Waals surface area contributed by atoms with Crippen molar-refractivity contribution in [3.63, 3.8) is 0 Å². The zero-order valence-corrected chi connectivity index (χ0v) is 19.4. The van der Waals surface area contributed by atoms with Crippen LogP contribution in [0.1, 0.15) is 124 Å². The normalized spacial score (nSPS) is 16.4. The van der Waals surface area contributed by atoms with E-state index in [-0.39, 0.29) is 12.3 Å². The van der Waals surface area contributed by atoms with Crippen molar-refractivity contribution >= 4 is 5.84 Å². The number of hydrogen-bond donors (Lipinski definition) is 2. The van der Waals surface area contributed by atoms with Crippen molar-refractivity contribution in [1.82, 2.24) is 10.2 Å². The molecule has 0 saturated carbocycles. The highest BCUT2D eigenvalue weighted by molar-refractivity contribution is 5.83. The number of nitrogens with two attached hydrogens (primary N) is 1. The summed E-state index contributed by atoms with van der Waals surface area (Å²) in [7, 11) is 0. The van der Waals surface area contributed by atoms with Gasteiger partial charge in [-0.05, 0) is 20.3 Å². The minimum absolute atomic E-state index is 0.0302.